The number of amides is 1. The minimum Gasteiger partial charge on any atom is -0.461 e. The standard InChI is InChI=1S/C25H22FN3O4S/c1-4-33-25(32)21-19-13-34-23(27-22(30)16-6-5-7-17(26)12-16)20(19)24(31)29(28-21)18-10-8-15(9-11-18)14(2)3/h5-14H,4H2,1-3H3,(H,27,30). The Hall–Kier alpha value is -3.85. The van der Waals surface area contributed by atoms with E-state index in [0.717, 1.165) is 27.6 Å². The second kappa shape index (κ2) is 9.56. The summed E-state index contributed by atoms with van der Waals surface area (Å²) in [5.41, 5.74) is 1.12. The summed E-state index contributed by atoms with van der Waals surface area (Å²) in [5.74, 6) is -1.51. The molecule has 34 heavy (non-hydrogen) atoms. The molecule has 0 radical (unpaired) electrons. The Morgan fingerprint density at radius 1 is 1.18 bits per heavy atom. The van der Waals surface area contributed by atoms with Gasteiger partial charge in [-0.05, 0) is 48.7 Å². The molecule has 1 amide bonds. The van der Waals surface area contributed by atoms with Crippen LogP contribution in [0.5, 0.6) is 0 Å². The molecule has 2 heterocycles. The van der Waals surface area contributed by atoms with Crippen LogP contribution in [0.25, 0.3) is 16.5 Å². The number of anilines is 1. The van der Waals surface area contributed by atoms with E-state index in [-0.39, 0.29) is 33.6 Å². The van der Waals surface area contributed by atoms with E-state index >= 15 is 0 Å². The number of halogens is 1. The van der Waals surface area contributed by atoms with Gasteiger partial charge in [0.2, 0.25) is 0 Å². The first-order chi connectivity index (χ1) is 16.3. The molecule has 0 bridgehead atoms. The number of carbonyl (C=O) groups excluding carboxylic acids is 2. The van der Waals surface area contributed by atoms with Gasteiger partial charge in [0.05, 0.1) is 17.7 Å². The zero-order chi connectivity index (χ0) is 24.4. The van der Waals surface area contributed by atoms with E-state index in [1.807, 2.05) is 12.1 Å². The van der Waals surface area contributed by atoms with E-state index < -0.39 is 23.3 Å². The molecule has 9 heteroatoms. The molecule has 0 aliphatic rings. The van der Waals surface area contributed by atoms with Crippen LogP contribution in [0.1, 0.15) is 53.1 Å². The molecule has 0 spiro atoms. The number of ether oxygens (including phenoxy) is 1. The summed E-state index contributed by atoms with van der Waals surface area (Å²) in [4.78, 5) is 38.9. The largest absolute Gasteiger partial charge is 0.461 e. The number of nitrogens with one attached hydrogen (secondary N) is 1. The van der Waals surface area contributed by atoms with Crippen LogP contribution < -0.4 is 10.9 Å². The normalized spacial score (nSPS) is 11.1. The molecule has 0 saturated heterocycles. The molecule has 2 aromatic heterocycles. The van der Waals surface area contributed by atoms with Crippen LogP contribution in [0.3, 0.4) is 0 Å². The molecule has 0 unspecified atom stereocenters. The number of hydrogen-bond acceptors (Lipinski definition) is 6. The van der Waals surface area contributed by atoms with Gasteiger partial charge >= 0.3 is 5.97 Å². The molecule has 4 rings (SSSR count). The Kier molecular flexibility index (Phi) is 6.56. The fourth-order valence-electron chi connectivity index (χ4n) is 3.47. The third kappa shape index (κ3) is 4.47. The zero-order valence-corrected chi connectivity index (χ0v) is 19.6. The van der Waals surface area contributed by atoms with Gasteiger partial charge in [0, 0.05) is 16.3 Å². The highest BCUT2D eigenvalue weighted by Crippen LogP contribution is 2.31. The van der Waals surface area contributed by atoms with Crippen LogP contribution in [-0.2, 0) is 4.74 Å². The molecule has 7 nitrogen and oxygen atoms in total. The number of hydrogen-bond donors (Lipinski definition) is 1. The lowest BCUT2D eigenvalue weighted by molar-refractivity contribution is 0.0520. The topological polar surface area (TPSA) is 90.3 Å². The summed E-state index contributed by atoms with van der Waals surface area (Å²) >= 11 is 1.08. The Morgan fingerprint density at radius 3 is 2.56 bits per heavy atom. The minimum atomic E-state index is -0.680. The predicted octanol–water partition coefficient (Wildman–Crippen LogP) is 5.14. The van der Waals surface area contributed by atoms with Crippen molar-refractivity contribution in [2.45, 2.75) is 26.7 Å². The fraction of sp³-hybridized carbons (Fsp3) is 0.200. The molecular formula is C25H22FN3O4S. The second-order valence-corrected chi connectivity index (χ2v) is 8.73. The molecule has 0 saturated carbocycles. The SMILES string of the molecule is CCOC(=O)c1nn(-c2ccc(C(C)C)cc2)c(=O)c2c(NC(=O)c3cccc(F)c3)scc12. The van der Waals surface area contributed by atoms with Crippen molar-refractivity contribution < 1.29 is 18.7 Å². The van der Waals surface area contributed by atoms with Gasteiger partial charge in [-0.2, -0.15) is 9.78 Å². The van der Waals surface area contributed by atoms with Crippen molar-refractivity contribution in [3.63, 3.8) is 0 Å². The number of fused-ring (bicyclic) bond motifs is 1. The molecule has 0 fully saturated rings. The van der Waals surface area contributed by atoms with Crippen molar-refractivity contribution in [3.8, 4) is 5.69 Å². The number of esters is 1. The van der Waals surface area contributed by atoms with Crippen molar-refractivity contribution in [3.05, 3.63) is 86.9 Å². The predicted molar refractivity (Wildman–Crippen MR) is 130 cm³/mol. The van der Waals surface area contributed by atoms with Crippen molar-refractivity contribution in [2.24, 2.45) is 0 Å². The molecule has 0 aliphatic carbocycles. The van der Waals surface area contributed by atoms with E-state index in [2.05, 4.69) is 24.3 Å². The highest BCUT2D eigenvalue weighted by Gasteiger charge is 2.23. The van der Waals surface area contributed by atoms with Crippen LogP contribution >= 0.6 is 11.3 Å². The Bertz CT molecular complexity index is 1440. The van der Waals surface area contributed by atoms with Gasteiger partial charge in [0.15, 0.2) is 5.69 Å². The second-order valence-electron chi connectivity index (χ2n) is 7.85. The van der Waals surface area contributed by atoms with E-state index in [0.29, 0.717) is 11.6 Å². The Morgan fingerprint density at radius 2 is 1.91 bits per heavy atom. The lowest BCUT2D eigenvalue weighted by Crippen LogP contribution is -2.25. The summed E-state index contributed by atoms with van der Waals surface area (Å²) in [6, 6.07) is 12.5. The van der Waals surface area contributed by atoms with Gasteiger partial charge in [0.1, 0.15) is 10.8 Å². The summed E-state index contributed by atoms with van der Waals surface area (Å²) in [7, 11) is 0. The maximum atomic E-state index is 13.6. The van der Waals surface area contributed by atoms with Gasteiger partial charge in [0.25, 0.3) is 11.5 Å². The average molecular weight is 480 g/mol. The van der Waals surface area contributed by atoms with Crippen molar-refractivity contribution in [2.75, 3.05) is 11.9 Å². The van der Waals surface area contributed by atoms with Crippen molar-refractivity contribution in [1.29, 1.82) is 0 Å². The Balaban J connectivity index is 1.86. The summed E-state index contributed by atoms with van der Waals surface area (Å²) in [5, 5.41) is 9.18. The minimum absolute atomic E-state index is 0.0353. The fourth-order valence-corrected chi connectivity index (χ4v) is 4.40. The number of aromatic nitrogens is 2. The van der Waals surface area contributed by atoms with Crippen LogP contribution in [0.15, 0.2) is 58.7 Å². The molecule has 0 atom stereocenters. The zero-order valence-electron chi connectivity index (χ0n) is 18.8. The van der Waals surface area contributed by atoms with Crippen LogP contribution in [0.4, 0.5) is 9.39 Å². The smallest absolute Gasteiger partial charge is 0.359 e. The highest BCUT2D eigenvalue weighted by atomic mass is 32.1. The first-order valence-corrected chi connectivity index (χ1v) is 11.6. The lowest BCUT2D eigenvalue weighted by atomic mass is 10.0. The third-order valence-electron chi connectivity index (χ3n) is 5.24. The maximum absolute atomic E-state index is 13.6. The van der Waals surface area contributed by atoms with Gasteiger partial charge in [-0.1, -0.05) is 32.0 Å². The average Bonchev–Trinajstić information content (AvgIpc) is 3.23. The molecule has 0 aliphatic heterocycles. The molecule has 2 aromatic carbocycles. The number of nitrogens with zero attached hydrogens (tertiary/aromatic N) is 2. The van der Waals surface area contributed by atoms with Crippen molar-refractivity contribution in [1.82, 2.24) is 9.78 Å². The summed E-state index contributed by atoms with van der Waals surface area (Å²) in [6.07, 6.45) is 0. The van der Waals surface area contributed by atoms with E-state index in [1.54, 1.807) is 24.4 Å². The maximum Gasteiger partial charge on any atom is 0.359 e. The van der Waals surface area contributed by atoms with E-state index in [9.17, 15) is 18.8 Å². The number of thiophene rings is 1. The quantitative estimate of drug-likeness (QED) is 0.387. The number of carbonyl (C=O) groups is 2. The first kappa shape index (κ1) is 23.3. The van der Waals surface area contributed by atoms with Gasteiger partial charge < -0.3 is 10.1 Å². The molecule has 1 N–H and O–H groups in total. The van der Waals surface area contributed by atoms with Gasteiger partial charge in [-0.3, -0.25) is 9.59 Å². The van der Waals surface area contributed by atoms with E-state index in [4.69, 9.17) is 4.74 Å². The molecule has 4 aromatic rings. The van der Waals surface area contributed by atoms with Gasteiger partial charge in [-0.15, -0.1) is 11.3 Å². The summed E-state index contributed by atoms with van der Waals surface area (Å²) < 4.78 is 19.8. The summed E-state index contributed by atoms with van der Waals surface area (Å²) in [6.45, 7) is 5.93. The first-order valence-electron chi connectivity index (χ1n) is 10.7. The van der Waals surface area contributed by atoms with Crippen LogP contribution in [-0.4, -0.2) is 28.3 Å². The van der Waals surface area contributed by atoms with E-state index in [1.165, 1.54) is 18.2 Å². The van der Waals surface area contributed by atoms with Crippen LogP contribution in [0, 0.1) is 5.82 Å². The molecular weight excluding hydrogens is 457 g/mol. The molecule has 174 valence electrons. The van der Waals surface area contributed by atoms with Gasteiger partial charge in [-0.25, -0.2) is 9.18 Å². The lowest BCUT2D eigenvalue weighted by Gasteiger charge is -2.11. The highest BCUT2D eigenvalue weighted by molar-refractivity contribution is 7.16. The third-order valence-corrected chi connectivity index (χ3v) is 6.13. The monoisotopic (exact) mass is 479 g/mol. The number of benzene rings is 2. The number of rotatable bonds is 6. The Labute approximate surface area is 198 Å². The van der Waals surface area contributed by atoms with Crippen molar-refractivity contribution >= 4 is 39.0 Å². The van der Waals surface area contributed by atoms with Crippen LogP contribution in [0.2, 0.25) is 0 Å².